The first-order valence-corrected chi connectivity index (χ1v) is 8.71. The Morgan fingerprint density at radius 2 is 1.91 bits per heavy atom. The molecular formula is C14H22Cl2N2O4S. The van der Waals surface area contributed by atoms with Crippen LogP contribution in [0.5, 0.6) is 0 Å². The molecule has 0 atom stereocenters. The number of nitrogens with one attached hydrogen (secondary N) is 1. The molecule has 0 aliphatic heterocycles. The van der Waals surface area contributed by atoms with Crippen molar-refractivity contribution in [2.45, 2.75) is 37.1 Å². The fraction of sp³-hybridized carbons (Fsp3) is 0.500. The highest BCUT2D eigenvalue weighted by molar-refractivity contribution is 7.89. The molecule has 1 aromatic carbocycles. The standard InChI is InChI=1S/C14H21ClN2O4S.ClH/c1-4-14(16,5-2)9-17-22(19,20)12-7-6-10(8-11(12)15)13(18)21-3;/h6-8,17H,4-5,9,16H2,1-3H3;1H. The topological polar surface area (TPSA) is 98.5 Å². The lowest BCUT2D eigenvalue weighted by Gasteiger charge is -2.26. The summed E-state index contributed by atoms with van der Waals surface area (Å²) in [5.74, 6) is -0.586. The lowest BCUT2D eigenvalue weighted by molar-refractivity contribution is 0.0600. The fourth-order valence-corrected chi connectivity index (χ4v) is 3.46. The number of methoxy groups -OCH3 is 1. The second-order valence-corrected chi connectivity index (χ2v) is 7.17. The summed E-state index contributed by atoms with van der Waals surface area (Å²) in [6.07, 6.45) is 1.28. The van der Waals surface area contributed by atoms with Gasteiger partial charge in [0.25, 0.3) is 0 Å². The summed E-state index contributed by atoms with van der Waals surface area (Å²) in [5.41, 5.74) is 5.66. The molecule has 0 aliphatic carbocycles. The van der Waals surface area contributed by atoms with E-state index in [1.54, 1.807) is 0 Å². The molecular weight excluding hydrogens is 363 g/mol. The van der Waals surface area contributed by atoms with Crippen LogP contribution < -0.4 is 10.5 Å². The predicted molar refractivity (Wildman–Crippen MR) is 92.7 cm³/mol. The first-order chi connectivity index (χ1) is 10.2. The molecule has 0 bridgehead atoms. The van der Waals surface area contributed by atoms with Crippen LogP contribution in [0.2, 0.25) is 5.02 Å². The van der Waals surface area contributed by atoms with Gasteiger partial charge in [0, 0.05) is 12.1 Å². The highest BCUT2D eigenvalue weighted by Gasteiger charge is 2.25. The smallest absolute Gasteiger partial charge is 0.337 e. The number of halogens is 2. The van der Waals surface area contributed by atoms with Crippen molar-refractivity contribution in [2.75, 3.05) is 13.7 Å². The molecule has 0 amide bonds. The number of esters is 1. The van der Waals surface area contributed by atoms with Gasteiger partial charge in [0.15, 0.2) is 0 Å². The average molecular weight is 385 g/mol. The Balaban J connectivity index is 0.00000484. The summed E-state index contributed by atoms with van der Waals surface area (Å²) in [6.45, 7) is 3.91. The molecule has 9 heteroatoms. The molecule has 0 saturated heterocycles. The SMILES string of the molecule is CCC(N)(CC)CNS(=O)(=O)c1ccc(C(=O)OC)cc1Cl.Cl. The van der Waals surface area contributed by atoms with E-state index in [4.69, 9.17) is 17.3 Å². The maximum absolute atomic E-state index is 12.3. The van der Waals surface area contributed by atoms with Gasteiger partial charge in [-0.05, 0) is 31.0 Å². The van der Waals surface area contributed by atoms with E-state index < -0.39 is 21.5 Å². The Kier molecular flexibility index (Phi) is 8.51. The molecule has 6 nitrogen and oxygen atoms in total. The monoisotopic (exact) mass is 384 g/mol. The van der Waals surface area contributed by atoms with Crippen LogP contribution in [-0.2, 0) is 14.8 Å². The molecule has 0 heterocycles. The van der Waals surface area contributed by atoms with E-state index in [9.17, 15) is 13.2 Å². The van der Waals surface area contributed by atoms with Crippen molar-refractivity contribution in [3.63, 3.8) is 0 Å². The zero-order chi connectivity index (χ0) is 17.0. The minimum absolute atomic E-state index is 0. The summed E-state index contributed by atoms with van der Waals surface area (Å²) < 4.78 is 31.7. The van der Waals surface area contributed by atoms with E-state index in [1.807, 2.05) is 13.8 Å². The minimum Gasteiger partial charge on any atom is -0.465 e. The second-order valence-electron chi connectivity index (χ2n) is 5.03. The summed E-state index contributed by atoms with van der Waals surface area (Å²) in [4.78, 5) is 11.3. The van der Waals surface area contributed by atoms with E-state index in [1.165, 1.54) is 25.3 Å². The van der Waals surface area contributed by atoms with Crippen molar-refractivity contribution in [1.82, 2.24) is 4.72 Å². The normalized spacial score (nSPS) is 11.7. The molecule has 1 rings (SSSR count). The van der Waals surface area contributed by atoms with Gasteiger partial charge in [-0.25, -0.2) is 17.9 Å². The van der Waals surface area contributed by atoms with Gasteiger partial charge < -0.3 is 10.5 Å². The van der Waals surface area contributed by atoms with E-state index in [0.717, 1.165) is 0 Å². The Hall–Kier alpha value is -0.860. The highest BCUT2D eigenvalue weighted by atomic mass is 35.5. The lowest BCUT2D eigenvalue weighted by atomic mass is 9.95. The van der Waals surface area contributed by atoms with Gasteiger partial charge in [0.1, 0.15) is 4.90 Å². The summed E-state index contributed by atoms with van der Waals surface area (Å²) in [7, 11) is -2.57. The van der Waals surface area contributed by atoms with E-state index in [2.05, 4.69) is 9.46 Å². The number of hydrogen-bond acceptors (Lipinski definition) is 5. The number of nitrogens with two attached hydrogens (primary N) is 1. The Morgan fingerprint density at radius 1 is 1.35 bits per heavy atom. The van der Waals surface area contributed by atoms with E-state index in [-0.39, 0.29) is 34.4 Å². The third-order valence-corrected chi connectivity index (χ3v) is 5.55. The summed E-state index contributed by atoms with van der Waals surface area (Å²) >= 11 is 5.97. The third kappa shape index (κ3) is 5.61. The molecule has 0 aromatic heterocycles. The molecule has 3 N–H and O–H groups in total. The fourth-order valence-electron chi connectivity index (χ4n) is 1.78. The molecule has 0 radical (unpaired) electrons. The molecule has 0 spiro atoms. The molecule has 0 saturated carbocycles. The molecule has 0 aliphatic rings. The number of ether oxygens (including phenoxy) is 1. The van der Waals surface area contributed by atoms with Crippen molar-refractivity contribution in [3.05, 3.63) is 28.8 Å². The van der Waals surface area contributed by atoms with Crippen molar-refractivity contribution in [2.24, 2.45) is 5.73 Å². The van der Waals surface area contributed by atoms with Crippen molar-refractivity contribution in [1.29, 1.82) is 0 Å². The maximum Gasteiger partial charge on any atom is 0.337 e. The molecule has 1 aromatic rings. The predicted octanol–water partition coefficient (Wildman–Crippen LogP) is 2.34. The quantitative estimate of drug-likeness (QED) is 0.702. The van der Waals surface area contributed by atoms with Crippen LogP contribution in [-0.4, -0.2) is 33.6 Å². The van der Waals surface area contributed by atoms with Crippen LogP contribution in [0.15, 0.2) is 23.1 Å². The first-order valence-electron chi connectivity index (χ1n) is 6.85. The summed E-state index contributed by atoms with van der Waals surface area (Å²) in [5, 5.41) is -0.0500. The third-order valence-electron chi connectivity index (χ3n) is 3.66. The number of benzene rings is 1. The van der Waals surface area contributed by atoms with E-state index in [0.29, 0.717) is 12.8 Å². The first kappa shape index (κ1) is 22.1. The highest BCUT2D eigenvalue weighted by Crippen LogP contribution is 2.23. The molecule has 0 fully saturated rings. The zero-order valence-corrected chi connectivity index (χ0v) is 15.6. The van der Waals surface area contributed by atoms with Crippen molar-refractivity contribution >= 4 is 40.0 Å². The van der Waals surface area contributed by atoms with Gasteiger partial charge in [-0.1, -0.05) is 25.4 Å². The Bertz CT molecular complexity index is 646. The number of sulfonamides is 1. The number of carbonyl (C=O) groups is 1. The second kappa shape index (κ2) is 8.84. The Morgan fingerprint density at radius 3 is 2.35 bits per heavy atom. The van der Waals surface area contributed by atoms with Gasteiger partial charge in [0.05, 0.1) is 17.7 Å². The van der Waals surface area contributed by atoms with Crippen LogP contribution in [0, 0.1) is 0 Å². The molecule has 0 unspecified atom stereocenters. The van der Waals surface area contributed by atoms with Crippen molar-refractivity contribution < 1.29 is 17.9 Å². The number of carbonyl (C=O) groups excluding carboxylic acids is 1. The van der Waals surface area contributed by atoms with Gasteiger partial charge in [-0.2, -0.15) is 0 Å². The van der Waals surface area contributed by atoms with Crippen LogP contribution >= 0.6 is 24.0 Å². The van der Waals surface area contributed by atoms with Crippen LogP contribution in [0.25, 0.3) is 0 Å². The molecule has 132 valence electrons. The van der Waals surface area contributed by atoms with Gasteiger partial charge in [-0.3, -0.25) is 0 Å². The molecule has 23 heavy (non-hydrogen) atoms. The minimum atomic E-state index is -3.81. The van der Waals surface area contributed by atoms with E-state index >= 15 is 0 Å². The van der Waals surface area contributed by atoms with Crippen LogP contribution in [0.1, 0.15) is 37.0 Å². The Labute approximate surface area is 148 Å². The number of hydrogen-bond donors (Lipinski definition) is 2. The maximum atomic E-state index is 12.3. The van der Waals surface area contributed by atoms with Gasteiger partial charge >= 0.3 is 5.97 Å². The zero-order valence-electron chi connectivity index (χ0n) is 13.3. The van der Waals surface area contributed by atoms with Crippen LogP contribution in [0.3, 0.4) is 0 Å². The van der Waals surface area contributed by atoms with Gasteiger partial charge in [0.2, 0.25) is 10.0 Å². The lowest BCUT2D eigenvalue weighted by Crippen LogP contribution is -2.49. The van der Waals surface area contributed by atoms with Crippen molar-refractivity contribution in [3.8, 4) is 0 Å². The van der Waals surface area contributed by atoms with Gasteiger partial charge in [-0.15, -0.1) is 12.4 Å². The average Bonchev–Trinajstić information content (AvgIpc) is 2.51. The number of rotatable bonds is 7. The largest absolute Gasteiger partial charge is 0.465 e. The van der Waals surface area contributed by atoms with Crippen LogP contribution in [0.4, 0.5) is 0 Å². The summed E-state index contributed by atoms with van der Waals surface area (Å²) in [6, 6.07) is 3.88.